The van der Waals surface area contributed by atoms with Crippen molar-refractivity contribution in [2.24, 2.45) is 0 Å². The number of hydrogen-bond donors (Lipinski definition) is 1. The molecule has 0 saturated carbocycles. The van der Waals surface area contributed by atoms with E-state index in [0.29, 0.717) is 11.8 Å². The molecule has 7 nitrogen and oxygen atoms in total. The Bertz CT molecular complexity index is 894. The Morgan fingerprint density at radius 2 is 1.77 bits per heavy atom. The normalized spacial score (nSPS) is 11.9. The molecule has 26 heavy (non-hydrogen) atoms. The highest BCUT2D eigenvalue weighted by molar-refractivity contribution is 5.54. The van der Waals surface area contributed by atoms with Crippen LogP contribution in [0.4, 0.5) is 11.8 Å². The van der Waals surface area contributed by atoms with Crippen LogP contribution in [0.3, 0.4) is 0 Å². The zero-order valence-corrected chi connectivity index (χ0v) is 15.7. The van der Waals surface area contributed by atoms with Gasteiger partial charge in [-0.15, -0.1) is 0 Å². The minimum atomic E-state index is 0.0193. The summed E-state index contributed by atoms with van der Waals surface area (Å²) in [5.74, 6) is 2.17. The number of aromatic nitrogens is 5. The minimum absolute atomic E-state index is 0.0193. The van der Waals surface area contributed by atoms with E-state index >= 15 is 0 Å². The molecular weight excluding hydrogens is 326 g/mol. The molecule has 0 fully saturated rings. The predicted octanol–water partition coefficient (Wildman–Crippen LogP) is 3.18. The number of pyridine rings is 1. The molecule has 0 amide bonds. The van der Waals surface area contributed by atoms with E-state index in [1.807, 2.05) is 57.2 Å². The van der Waals surface area contributed by atoms with Gasteiger partial charge in [0.25, 0.3) is 0 Å². The largest absolute Gasteiger partial charge is 0.363 e. The molecule has 3 aromatic rings. The van der Waals surface area contributed by atoms with E-state index in [9.17, 15) is 0 Å². The lowest BCUT2D eigenvalue weighted by Crippen LogP contribution is -2.16. The molecule has 0 aromatic carbocycles. The van der Waals surface area contributed by atoms with Crippen LogP contribution < -0.4 is 10.2 Å². The Balaban J connectivity index is 1.83. The first kappa shape index (κ1) is 17.7. The Labute approximate surface area is 153 Å². The zero-order valence-electron chi connectivity index (χ0n) is 15.7. The summed E-state index contributed by atoms with van der Waals surface area (Å²) < 4.78 is 0. The van der Waals surface area contributed by atoms with Crippen LogP contribution in [0.25, 0.3) is 11.4 Å². The minimum Gasteiger partial charge on any atom is -0.363 e. The quantitative estimate of drug-likeness (QED) is 0.757. The summed E-state index contributed by atoms with van der Waals surface area (Å²) in [6, 6.07) is 5.77. The van der Waals surface area contributed by atoms with Crippen molar-refractivity contribution in [2.75, 3.05) is 24.3 Å². The Morgan fingerprint density at radius 3 is 2.42 bits per heavy atom. The second kappa shape index (κ2) is 7.43. The first-order chi connectivity index (χ1) is 12.4. The van der Waals surface area contributed by atoms with Gasteiger partial charge in [0, 0.05) is 61.3 Å². The van der Waals surface area contributed by atoms with Gasteiger partial charge in [0.2, 0.25) is 5.95 Å². The molecule has 3 aromatic heterocycles. The van der Waals surface area contributed by atoms with Crippen LogP contribution in [0.15, 0.2) is 36.8 Å². The van der Waals surface area contributed by atoms with Gasteiger partial charge < -0.3 is 10.2 Å². The molecule has 1 atom stereocenters. The third-order valence-corrected chi connectivity index (χ3v) is 4.03. The van der Waals surface area contributed by atoms with Gasteiger partial charge in [-0.25, -0.2) is 15.0 Å². The lowest BCUT2D eigenvalue weighted by molar-refractivity contribution is 0.833. The number of hydrogen-bond acceptors (Lipinski definition) is 7. The Morgan fingerprint density at radius 1 is 1.04 bits per heavy atom. The number of anilines is 2. The lowest BCUT2D eigenvalue weighted by Gasteiger charge is -2.19. The second-order valence-electron chi connectivity index (χ2n) is 6.43. The van der Waals surface area contributed by atoms with Crippen molar-refractivity contribution >= 4 is 11.8 Å². The van der Waals surface area contributed by atoms with Gasteiger partial charge in [-0.3, -0.25) is 4.98 Å². The molecule has 3 rings (SSSR count). The molecule has 3 heterocycles. The molecule has 0 spiro atoms. The van der Waals surface area contributed by atoms with E-state index in [4.69, 9.17) is 0 Å². The van der Waals surface area contributed by atoms with Crippen LogP contribution in [0.1, 0.15) is 29.9 Å². The SMILES string of the molecule is Cc1cc(N[C@H](C)c2cnc(-c3ccncc3)nc2C)nc(N(C)C)n1. The molecule has 0 unspecified atom stereocenters. The zero-order chi connectivity index (χ0) is 18.7. The van der Waals surface area contributed by atoms with Crippen LogP contribution in [0, 0.1) is 13.8 Å². The van der Waals surface area contributed by atoms with E-state index in [1.165, 1.54) is 0 Å². The topological polar surface area (TPSA) is 79.7 Å². The first-order valence-electron chi connectivity index (χ1n) is 8.47. The average Bonchev–Trinajstić information content (AvgIpc) is 2.61. The third kappa shape index (κ3) is 3.93. The highest BCUT2D eigenvalue weighted by Gasteiger charge is 2.13. The highest BCUT2D eigenvalue weighted by Crippen LogP contribution is 2.23. The van der Waals surface area contributed by atoms with Crippen LogP contribution in [0.5, 0.6) is 0 Å². The van der Waals surface area contributed by atoms with Gasteiger partial charge in [-0.2, -0.15) is 4.98 Å². The summed E-state index contributed by atoms with van der Waals surface area (Å²) in [7, 11) is 3.86. The van der Waals surface area contributed by atoms with Gasteiger partial charge in [-0.1, -0.05) is 0 Å². The molecule has 0 aliphatic heterocycles. The van der Waals surface area contributed by atoms with E-state index in [2.05, 4.69) is 37.2 Å². The maximum absolute atomic E-state index is 4.65. The smallest absolute Gasteiger partial charge is 0.226 e. The summed E-state index contributed by atoms with van der Waals surface area (Å²) >= 11 is 0. The molecule has 0 radical (unpaired) electrons. The standard InChI is InChI=1S/C19H23N7/c1-12-10-17(25-19(22-12)26(4)5)23-13(2)16-11-21-18(24-14(16)3)15-6-8-20-9-7-15/h6-11,13H,1-5H3,(H,22,23,25)/t13-/m1/s1. The molecule has 134 valence electrons. The number of nitrogens with zero attached hydrogens (tertiary/aromatic N) is 6. The van der Waals surface area contributed by atoms with E-state index < -0.39 is 0 Å². The average molecular weight is 349 g/mol. The fourth-order valence-corrected chi connectivity index (χ4v) is 2.67. The van der Waals surface area contributed by atoms with E-state index in [0.717, 1.165) is 28.3 Å². The lowest BCUT2D eigenvalue weighted by atomic mass is 10.1. The maximum Gasteiger partial charge on any atom is 0.226 e. The first-order valence-corrected chi connectivity index (χ1v) is 8.47. The summed E-state index contributed by atoms with van der Waals surface area (Å²) in [5.41, 5.74) is 3.84. The van der Waals surface area contributed by atoms with Crippen LogP contribution in [0.2, 0.25) is 0 Å². The van der Waals surface area contributed by atoms with Crippen molar-refractivity contribution in [3.63, 3.8) is 0 Å². The molecule has 0 bridgehead atoms. The Kier molecular flexibility index (Phi) is 5.06. The molecule has 1 N–H and O–H groups in total. The summed E-state index contributed by atoms with van der Waals surface area (Å²) in [6.45, 7) is 6.03. The van der Waals surface area contributed by atoms with E-state index in [-0.39, 0.29) is 6.04 Å². The summed E-state index contributed by atoms with van der Waals surface area (Å²) in [5, 5.41) is 3.43. The molecule has 7 heteroatoms. The monoisotopic (exact) mass is 349 g/mol. The molecule has 0 aliphatic carbocycles. The summed E-state index contributed by atoms with van der Waals surface area (Å²) in [6.07, 6.45) is 5.36. The van der Waals surface area contributed by atoms with Crippen molar-refractivity contribution < 1.29 is 0 Å². The van der Waals surface area contributed by atoms with Crippen LogP contribution >= 0.6 is 0 Å². The van der Waals surface area contributed by atoms with Crippen molar-refractivity contribution in [2.45, 2.75) is 26.8 Å². The van der Waals surface area contributed by atoms with Crippen molar-refractivity contribution in [1.82, 2.24) is 24.9 Å². The van der Waals surface area contributed by atoms with Crippen molar-refractivity contribution in [3.05, 3.63) is 53.7 Å². The number of rotatable bonds is 5. The van der Waals surface area contributed by atoms with Gasteiger partial charge in [0.15, 0.2) is 5.82 Å². The van der Waals surface area contributed by atoms with Gasteiger partial charge in [-0.05, 0) is 32.9 Å². The fourth-order valence-electron chi connectivity index (χ4n) is 2.67. The van der Waals surface area contributed by atoms with E-state index in [1.54, 1.807) is 12.4 Å². The molecule has 0 saturated heterocycles. The predicted molar refractivity (Wildman–Crippen MR) is 103 cm³/mol. The van der Waals surface area contributed by atoms with Crippen molar-refractivity contribution in [3.8, 4) is 11.4 Å². The van der Waals surface area contributed by atoms with Gasteiger partial charge in [0.05, 0.1) is 6.04 Å². The summed E-state index contributed by atoms with van der Waals surface area (Å²) in [4.78, 5) is 24.1. The second-order valence-corrected chi connectivity index (χ2v) is 6.43. The highest BCUT2D eigenvalue weighted by atomic mass is 15.2. The van der Waals surface area contributed by atoms with Crippen LogP contribution in [-0.4, -0.2) is 39.0 Å². The van der Waals surface area contributed by atoms with Crippen LogP contribution in [-0.2, 0) is 0 Å². The van der Waals surface area contributed by atoms with Crippen molar-refractivity contribution in [1.29, 1.82) is 0 Å². The maximum atomic E-state index is 4.65. The molecular formula is C19H23N7. The number of aryl methyl sites for hydroxylation is 2. The molecule has 0 aliphatic rings. The fraction of sp³-hybridized carbons (Fsp3) is 0.316. The third-order valence-electron chi connectivity index (χ3n) is 4.03. The van der Waals surface area contributed by atoms with Gasteiger partial charge >= 0.3 is 0 Å². The Hall–Kier alpha value is -3.09. The van der Waals surface area contributed by atoms with Gasteiger partial charge in [0.1, 0.15) is 5.82 Å². The number of nitrogens with one attached hydrogen (secondary N) is 1.